The number of hydrogen-bond donors (Lipinski definition) is 1. The summed E-state index contributed by atoms with van der Waals surface area (Å²) in [6.45, 7) is 2.59. The van der Waals surface area contributed by atoms with Crippen molar-refractivity contribution in [2.75, 3.05) is 6.61 Å². The highest BCUT2D eigenvalue weighted by Gasteiger charge is 2.02. The number of rotatable bonds is 6. The molecule has 0 aliphatic carbocycles. The van der Waals surface area contributed by atoms with E-state index in [2.05, 4.69) is 6.92 Å². The zero-order chi connectivity index (χ0) is 11.1. The topological polar surface area (TPSA) is 29.5 Å². The fourth-order valence-corrected chi connectivity index (χ4v) is 1.53. The lowest BCUT2D eigenvalue weighted by Gasteiger charge is -2.10. The molecule has 1 rings (SSSR count). The Morgan fingerprint density at radius 1 is 1.40 bits per heavy atom. The van der Waals surface area contributed by atoms with Crippen molar-refractivity contribution in [2.24, 2.45) is 0 Å². The molecule has 1 atom stereocenters. The van der Waals surface area contributed by atoms with Crippen LogP contribution in [0.1, 0.15) is 26.2 Å². The van der Waals surface area contributed by atoms with E-state index in [4.69, 9.17) is 16.3 Å². The van der Waals surface area contributed by atoms with Gasteiger partial charge in [-0.2, -0.15) is 0 Å². The first kappa shape index (κ1) is 12.3. The molecule has 0 saturated carbocycles. The van der Waals surface area contributed by atoms with E-state index < -0.39 is 0 Å². The van der Waals surface area contributed by atoms with E-state index in [-0.39, 0.29) is 6.10 Å². The van der Waals surface area contributed by atoms with Gasteiger partial charge in [-0.25, -0.2) is 0 Å². The van der Waals surface area contributed by atoms with Gasteiger partial charge in [-0.05, 0) is 24.6 Å². The zero-order valence-electron chi connectivity index (χ0n) is 8.95. The second-order valence-electron chi connectivity index (χ2n) is 3.54. The predicted molar refractivity (Wildman–Crippen MR) is 62.5 cm³/mol. The number of ether oxygens (including phenoxy) is 1. The van der Waals surface area contributed by atoms with Crippen LogP contribution in [0.25, 0.3) is 0 Å². The summed E-state index contributed by atoms with van der Waals surface area (Å²) >= 11 is 5.81. The average Bonchev–Trinajstić information content (AvgIpc) is 2.18. The lowest BCUT2D eigenvalue weighted by atomic mass is 10.1. The van der Waals surface area contributed by atoms with Crippen molar-refractivity contribution in [3.8, 4) is 5.75 Å². The molecule has 1 aromatic carbocycles. The van der Waals surface area contributed by atoms with Crippen molar-refractivity contribution < 1.29 is 9.84 Å². The average molecular weight is 229 g/mol. The molecule has 0 radical (unpaired) electrons. The molecule has 3 heteroatoms. The minimum atomic E-state index is -0.255. The maximum atomic E-state index is 9.48. The smallest absolute Gasteiger partial charge is 0.120 e. The van der Waals surface area contributed by atoms with Crippen LogP contribution in [0.15, 0.2) is 24.3 Å². The SMILES string of the molecule is CCCC(O)CCOc1cccc(Cl)c1. The summed E-state index contributed by atoms with van der Waals surface area (Å²) in [5, 5.41) is 10.1. The van der Waals surface area contributed by atoms with Crippen LogP contribution in [0, 0.1) is 0 Å². The van der Waals surface area contributed by atoms with Gasteiger partial charge in [-0.1, -0.05) is 31.0 Å². The standard InChI is InChI=1S/C12H17ClO2/c1-2-4-11(14)7-8-15-12-6-3-5-10(13)9-12/h3,5-6,9,11,14H,2,4,7-8H2,1H3. The Balaban J connectivity index is 2.25. The molecule has 84 valence electrons. The first-order valence-electron chi connectivity index (χ1n) is 5.28. The molecule has 1 aromatic rings. The Kier molecular flexibility index (Phi) is 5.51. The van der Waals surface area contributed by atoms with Crippen LogP contribution in [0.4, 0.5) is 0 Å². The molecule has 0 aromatic heterocycles. The summed E-state index contributed by atoms with van der Waals surface area (Å²) in [7, 11) is 0. The Morgan fingerprint density at radius 3 is 2.87 bits per heavy atom. The van der Waals surface area contributed by atoms with Crippen molar-refractivity contribution in [1.29, 1.82) is 0 Å². The highest BCUT2D eigenvalue weighted by atomic mass is 35.5. The fourth-order valence-electron chi connectivity index (χ4n) is 1.35. The van der Waals surface area contributed by atoms with Crippen molar-refractivity contribution >= 4 is 11.6 Å². The highest BCUT2D eigenvalue weighted by Crippen LogP contribution is 2.17. The molecule has 1 unspecified atom stereocenters. The molecule has 1 N–H and O–H groups in total. The minimum absolute atomic E-state index is 0.255. The van der Waals surface area contributed by atoms with Gasteiger partial charge in [0.15, 0.2) is 0 Å². The van der Waals surface area contributed by atoms with Crippen LogP contribution in [-0.2, 0) is 0 Å². The minimum Gasteiger partial charge on any atom is -0.493 e. The zero-order valence-corrected chi connectivity index (χ0v) is 9.70. The molecule has 0 bridgehead atoms. The molecule has 0 aliphatic heterocycles. The summed E-state index contributed by atoms with van der Waals surface area (Å²) in [6, 6.07) is 7.28. The lowest BCUT2D eigenvalue weighted by Crippen LogP contribution is -2.11. The molecular formula is C12H17ClO2. The lowest BCUT2D eigenvalue weighted by molar-refractivity contribution is 0.130. The van der Waals surface area contributed by atoms with Gasteiger partial charge < -0.3 is 9.84 Å². The summed E-state index contributed by atoms with van der Waals surface area (Å²) < 4.78 is 5.46. The van der Waals surface area contributed by atoms with Crippen LogP contribution in [0.3, 0.4) is 0 Å². The third-order valence-corrected chi connectivity index (χ3v) is 2.37. The van der Waals surface area contributed by atoms with Gasteiger partial charge in [0.1, 0.15) is 5.75 Å². The maximum Gasteiger partial charge on any atom is 0.120 e. The highest BCUT2D eigenvalue weighted by molar-refractivity contribution is 6.30. The van der Waals surface area contributed by atoms with E-state index >= 15 is 0 Å². The van der Waals surface area contributed by atoms with E-state index in [0.29, 0.717) is 18.1 Å². The number of halogens is 1. The first-order chi connectivity index (χ1) is 7.22. The van der Waals surface area contributed by atoms with Gasteiger partial charge in [0, 0.05) is 11.4 Å². The molecule has 0 aliphatic rings. The van der Waals surface area contributed by atoms with Gasteiger partial charge in [-0.3, -0.25) is 0 Å². The van der Waals surface area contributed by atoms with E-state index in [1.54, 1.807) is 12.1 Å². The molecule has 15 heavy (non-hydrogen) atoms. The van der Waals surface area contributed by atoms with Gasteiger partial charge >= 0.3 is 0 Å². The third kappa shape index (κ3) is 5.05. The predicted octanol–water partition coefficient (Wildman–Crippen LogP) is 3.27. The van der Waals surface area contributed by atoms with Gasteiger partial charge in [0.25, 0.3) is 0 Å². The Hall–Kier alpha value is -0.730. The first-order valence-corrected chi connectivity index (χ1v) is 5.66. The normalized spacial score (nSPS) is 12.5. The van der Waals surface area contributed by atoms with Crippen LogP contribution in [0.2, 0.25) is 5.02 Å². The van der Waals surface area contributed by atoms with E-state index in [1.165, 1.54) is 0 Å². The fraction of sp³-hybridized carbons (Fsp3) is 0.500. The molecule has 0 fully saturated rings. The van der Waals surface area contributed by atoms with Crippen molar-refractivity contribution in [1.82, 2.24) is 0 Å². The Morgan fingerprint density at radius 2 is 2.20 bits per heavy atom. The summed E-state index contributed by atoms with van der Waals surface area (Å²) in [4.78, 5) is 0. The number of hydrogen-bond acceptors (Lipinski definition) is 2. The van der Waals surface area contributed by atoms with E-state index in [0.717, 1.165) is 18.6 Å². The molecule has 0 spiro atoms. The van der Waals surface area contributed by atoms with Crippen molar-refractivity contribution in [3.05, 3.63) is 29.3 Å². The monoisotopic (exact) mass is 228 g/mol. The molecule has 0 heterocycles. The number of benzene rings is 1. The summed E-state index contributed by atoms with van der Waals surface area (Å²) in [6.07, 6.45) is 2.24. The van der Waals surface area contributed by atoms with Crippen LogP contribution in [-0.4, -0.2) is 17.8 Å². The van der Waals surface area contributed by atoms with Crippen LogP contribution >= 0.6 is 11.6 Å². The molecular weight excluding hydrogens is 212 g/mol. The number of aliphatic hydroxyl groups excluding tert-OH is 1. The quantitative estimate of drug-likeness (QED) is 0.810. The Bertz CT molecular complexity index is 289. The second-order valence-corrected chi connectivity index (χ2v) is 3.97. The van der Waals surface area contributed by atoms with Gasteiger partial charge in [0.05, 0.1) is 12.7 Å². The van der Waals surface area contributed by atoms with Gasteiger partial charge in [-0.15, -0.1) is 0 Å². The largest absolute Gasteiger partial charge is 0.493 e. The third-order valence-electron chi connectivity index (χ3n) is 2.14. The van der Waals surface area contributed by atoms with E-state index in [1.807, 2.05) is 12.1 Å². The number of aliphatic hydroxyl groups is 1. The van der Waals surface area contributed by atoms with Crippen molar-refractivity contribution in [3.63, 3.8) is 0 Å². The molecule has 0 amide bonds. The molecule has 0 saturated heterocycles. The van der Waals surface area contributed by atoms with Crippen molar-refractivity contribution in [2.45, 2.75) is 32.3 Å². The van der Waals surface area contributed by atoms with Gasteiger partial charge in [0.2, 0.25) is 0 Å². The molecule has 2 nitrogen and oxygen atoms in total. The second kappa shape index (κ2) is 6.70. The summed E-state index contributed by atoms with van der Waals surface area (Å²) in [5.74, 6) is 0.756. The van der Waals surface area contributed by atoms with E-state index in [9.17, 15) is 5.11 Å². The maximum absolute atomic E-state index is 9.48. The van der Waals surface area contributed by atoms with Crippen LogP contribution in [0.5, 0.6) is 5.75 Å². The Labute approximate surface area is 95.8 Å². The summed E-state index contributed by atoms with van der Waals surface area (Å²) in [5.41, 5.74) is 0. The van der Waals surface area contributed by atoms with Crippen LogP contribution < -0.4 is 4.74 Å².